The van der Waals surface area contributed by atoms with Crippen LogP contribution in [0.5, 0.6) is 0 Å². The third-order valence-electron chi connectivity index (χ3n) is 1.98. The highest BCUT2D eigenvalue weighted by Crippen LogP contribution is 2.33. The quantitative estimate of drug-likeness (QED) is 0.601. The number of benzene rings is 1. The maximum absolute atomic E-state index is 6.11. The van der Waals surface area contributed by atoms with Crippen LogP contribution in [0.1, 0.15) is 16.5 Å². The maximum atomic E-state index is 6.11. The van der Waals surface area contributed by atoms with Gasteiger partial charge in [-0.25, -0.2) is 0 Å². The number of ether oxygens (including phenoxy) is 1. The molecule has 1 aromatic carbocycles. The Morgan fingerprint density at radius 1 is 1.15 bits per heavy atom. The molecular weight excluding hydrogens is 207 g/mol. The van der Waals surface area contributed by atoms with Gasteiger partial charge >= 0.3 is 0 Å². The van der Waals surface area contributed by atoms with E-state index in [-0.39, 0.29) is 5.38 Å². The molecule has 1 aliphatic rings. The molecule has 1 nitrogen and oxygen atoms in total. The van der Waals surface area contributed by atoms with Gasteiger partial charge in [0.25, 0.3) is 0 Å². The van der Waals surface area contributed by atoms with E-state index >= 15 is 0 Å². The minimum absolute atomic E-state index is 0.298. The second-order valence-electron chi connectivity index (χ2n) is 2.82. The van der Waals surface area contributed by atoms with E-state index in [1.165, 1.54) is 0 Å². The van der Waals surface area contributed by atoms with Gasteiger partial charge in [0.05, 0.1) is 6.26 Å². The molecule has 0 spiro atoms. The Kier molecular flexibility index (Phi) is 2.47. The Bertz CT molecular complexity index is 335. The third kappa shape index (κ3) is 1.67. The minimum Gasteiger partial charge on any atom is -0.480 e. The Hall–Kier alpha value is -0.660. The molecule has 0 amide bonds. The number of halogens is 2. The van der Waals surface area contributed by atoms with Gasteiger partial charge in [0, 0.05) is 0 Å². The molecule has 3 heteroatoms. The number of alkyl halides is 2. The monoisotopic (exact) mass is 214 g/mol. The highest BCUT2D eigenvalue weighted by Gasteiger charge is 2.22. The Morgan fingerprint density at radius 2 is 1.92 bits per heavy atom. The number of fused-ring (bicyclic) bond motifs is 1. The Labute approximate surface area is 86.9 Å². The summed E-state index contributed by atoms with van der Waals surface area (Å²) >= 11 is 12.0. The van der Waals surface area contributed by atoms with Crippen molar-refractivity contribution in [2.45, 2.75) is 10.9 Å². The van der Waals surface area contributed by atoms with Gasteiger partial charge in [-0.2, -0.15) is 0 Å². The van der Waals surface area contributed by atoms with E-state index in [9.17, 15) is 0 Å². The van der Waals surface area contributed by atoms with Crippen molar-refractivity contribution >= 4 is 29.3 Å². The summed E-state index contributed by atoms with van der Waals surface area (Å²) in [4.78, 5) is 0. The second-order valence-corrected chi connectivity index (χ2v) is 3.72. The molecule has 0 aromatic heterocycles. The van der Waals surface area contributed by atoms with Crippen molar-refractivity contribution in [2.24, 2.45) is 0 Å². The molecule has 0 fully saturated rings. The van der Waals surface area contributed by atoms with Crippen LogP contribution in [0.2, 0.25) is 0 Å². The average Bonchev–Trinajstić information content (AvgIpc) is 2.29. The third-order valence-corrected chi connectivity index (χ3v) is 2.93. The number of rotatable bonds is 0. The average molecular weight is 215 g/mol. The first-order valence-corrected chi connectivity index (χ1v) is 4.85. The summed E-state index contributed by atoms with van der Waals surface area (Å²) in [7, 11) is 0. The second kappa shape index (κ2) is 3.60. The molecular formula is C10H8Cl2O. The zero-order valence-electron chi connectivity index (χ0n) is 6.78. The van der Waals surface area contributed by atoms with Crippen molar-refractivity contribution in [3.05, 3.63) is 41.7 Å². The first kappa shape index (κ1) is 8.92. The summed E-state index contributed by atoms with van der Waals surface area (Å²) in [5.74, 6) is 0. The van der Waals surface area contributed by atoms with E-state index in [2.05, 4.69) is 0 Å². The zero-order valence-corrected chi connectivity index (χ0v) is 8.29. The van der Waals surface area contributed by atoms with Crippen molar-refractivity contribution in [1.82, 2.24) is 0 Å². The lowest BCUT2D eigenvalue weighted by atomic mass is 10.1. The fourth-order valence-corrected chi connectivity index (χ4v) is 1.76. The maximum Gasteiger partial charge on any atom is 0.191 e. The number of hydrogen-bond acceptors (Lipinski definition) is 1. The Balaban J connectivity index is 2.48. The molecule has 0 aliphatic carbocycles. The van der Waals surface area contributed by atoms with Gasteiger partial charge in [-0.15, -0.1) is 11.6 Å². The number of hydrogen-bond donors (Lipinski definition) is 0. The molecule has 1 aliphatic heterocycles. The summed E-state index contributed by atoms with van der Waals surface area (Å²) in [6, 6.07) is 7.85. The fraction of sp³-hybridized carbons (Fsp3) is 0.200. The lowest BCUT2D eigenvalue weighted by molar-refractivity contribution is 0.216. The van der Waals surface area contributed by atoms with Gasteiger partial charge in [-0.1, -0.05) is 35.9 Å². The summed E-state index contributed by atoms with van der Waals surface area (Å²) in [6.45, 7) is 0. The van der Waals surface area contributed by atoms with Crippen LogP contribution in [-0.2, 0) is 4.74 Å². The summed E-state index contributed by atoms with van der Waals surface area (Å²) < 4.78 is 5.15. The normalized spacial score (nSPS) is 26.0. The molecule has 0 radical (unpaired) electrons. The molecule has 2 atom stereocenters. The molecule has 2 rings (SSSR count). The van der Waals surface area contributed by atoms with E-state index in [1.807, 2.05) is 30.3 Å². The smallest absolute Gasteiger partial charge is 0.191 e. The van der Waals surface area contributed by atoms with Crippen LogP contribution in [0.25, 0.3) is 6.08 Å². The van der Waals surface area contributed by atoms with Crippen molar-refractivity contribution in [1.29, 1.82) is 0 Å². The van der Waals surface area contributed by atoms with E-state index in [1.54, 1.807) is 6.26 Å². The van der Waals surface area contributed by atoms with Gasteiger partial charge in [0.15, 0.2) is 5.56 Å². The Morgan fingerprint density at radius 3 is 2.77 bits per heavy atom. The lowest BCUT2D eigenvalue weighted by Crippen LogP contribution is -2.07. The van der Waals surface area contributed by atoms with Crippen LogP contribution in [-0.4, -0.2) is 5.56 Å². The highest BCUT2D eigenvalue weighted by molar-refractivity contribution is 6.29. The van der Waals surface area contributed by atoms with Crippen LogP contribution < -0.4 is 0 Å². The summed E-state index contributed by atoms with van der Waals surface area (Å²) in [5.41, 5.74) is 1.57. The standard InChI is InChI=1S/C10H8Cl2O/c11-9-8-4-2-1-3-7(8)5-6-13-10(9)12/h1-6,9-10H. The topological polar surface area (TPSA) is 9.23 Å². The fourth-order valence-electron chi connectivity index (χ4n) is 1.31. The van der Waals surface area contributed by atoms with Gasteiger partial charge in [-0.3, -0.25) is 0 Å². The first-order chi connectivity index (χ1) is 6.29. The van der Waals surface area contributed by atoms with E-state index in [0.29, 0.717) is 0 Å². The van der Waals surface area contributed by atoms with E-state index in [0.717, 1.165) is 11.1 Å². The molecule has 0 saturated heterocycles. The summed E-state index contributed by atoms with van der Waals surface area (Å²) in [5, 5.41) is -0.298. The van der Waals surface area contributed by atoms with Gasteiger partial charge < -0.3 is 4.74 Å². The zero-order chi connectivity index (χ0) is 9.26. The van der Waals surface area contributed by atoms with Crippen LogP contribution >= 0.6 is 23.2 Å². The van der Waals surface area contributed by atoms with Crippen molar-refractivity contribution < 1.29 is 4.74 Å². The van der Waals surface area contributed by atoms with Crippen LogP contribution in [0, 0.1) is 0 Å². The largest absolute Gasteiger partial charge is 0.480 e. The van der Waals surface area contributed by atoms with Crippen molar-refractivity contribution in [3.8, 4) is 0 Å². The van der Waals surface area contributed by atoms with Crippen LogP contribution in [0.4, 0.5) is 0 Å². The SMILES string of the molecule is ClC1OC=Cc2ccccc2C1Cl. The predicted octanol–water partition coefficient (Wildman–Crippen LogP) is 3.53. The highest BCUT2D eigenvalue weighted by atomic mass is 35.5. The molecule has 1 aromatic rings. The molecule has 68 valence electrons. The van der Waals surface area contributed by atoms with Crippen molar-refractivity contribution in [2.75, 3.05) is 0 Å². The predicted molar refractivity (Wildman–Crippen MR) is 54.8 cm³/mol. The molecule has 0 bridgehead atoms. The van der Waals surface area contributed by atoms with Gasteiger partial charge in [0.1, 0.15) is 5.38 Å². The van der Waals surface area contributed by atoms with Gasteiger partial charge in [0.2, 0.25) is 0 Å². The lowest BCUT2D eigenvalue weighted by Gasteiger charge is -2.14. The van der Waals surface area contributed by atoms with E-state index in [4.69, 9.17) is 27.9 Å². The van der Waals surface area contributed by atoms with Gasteiger partial charge in [-0.05, 0) is 17.2 Å². The molecule has 13 heavy (non-hydrogen) atoms. The first-order valence-electron chi connectivity index (χ1n) is 3.98. The molecule has 0 saturated carbocycles. The van der Waals surface area contributed by atoms with Crippen LogP contribution in [0.15, 0.2) is 30.5 Å². The van der Waals surface area contributed by atoms with Crippen LogP contribution in [0.3, 0.4) is 0 Å². The van der Waals surface area contributed by atoms with E-state index < -0.39 is 5.56 Å². The van der Waals surface area contributed by atoms with Crippen molar-refractivity contribution in [3.63, 3.8) is 0 Å². The molecule has 0 N–H and O–H groups in total. The minimum atomic E-state index is -0.499. The summed E-state index contributed by atoms with van der Waals surface area (Å²) in [6.07, 6.45) is 3.45. The molecule has 1 heterocycles. The molecule has 2 unspecified atom stereocenters.